The molecule has 0 aliphatic carbocycles. The van der Waals surface area contributed by atoms with E-state index in [4.69, 9.17) is 0 Å². The standard InChI is InChI=1S/C12H9BrFIN2/c13-11-2-1-10(4-12(11)15)17-6-8-3-9(14)7-16-5-8/h1-5,7,17H,6H2. The Morgan fingerprint density at radius 3 is 2.82 bits per heavy atom. The molecule has 0 bridgehead atoms. The Morgan fingerprint density at radius 2 is 2.12 bits per heavy atom. The zero-order valence-electron chi connectivity index (χ0n) is 8.75. The second-order valence-corrected chi connectivity index (χ2v) is 5.51. The average Bonchev–Trinajstić information content (AvgIpc) is 2.31. The van der Waals surface area contributed by atoms with E-state index in [2.05, 4.69) is 48.8 Å². The Bertz CT molecular complexity index is 534. The topological polar surface area (TPSA) is 24.9 Å². The van der Waals surface area contributed by atoms with Crippen LogP contribution in [0.2, 0.25) is 0 Å². The molecule has 17 heavy (non-hydrogen) atoms. The molecule has 1 heterocycles. The predicted octanol–water partition coefficient (Wildman–Crippen LogP) is 4.20. The molecular weight excluding hydrogens is 398 g/mol. The van der Waals surface area contributed by atoms with Crippen LogP contribution in [0, 0.1) is 9.39 Å². The second-order valence-electron chi connectivity index (χ2n) is 3.49. The van der Waals surface area contributed by atoms with E-state index in [9.17, 15) is 4.39 Å². The van der Waals surface area contributed by atoms with Gasteiger partial charge in [0, 0.05) is 26.5 Å². The smallest absolute Gasteiger partial charge is 0.141 e. The first-order valence-electron chi connectivity index (χ1n) is 4.93. The molecule has 2 nitrogen and oxygen atoms in total. The number of rotatable bonds is 3. The number of hydrogen-bond acceptors (Lipinski definition) is 2. The molecule has 0 aliphatic heterocycles. The highest BCUT2D eigenvalue weighted by molar-refractivity contribution is 14.1. The Labute approximate surface area is 121 Å². The van der Waals surface area contributed by atoms with Gasteiger partial charge >= 0.3 is 0 Å². The van der Waals surface area contributed by atoms with Gasteiger partial charge in [-0.1, -0.05) is 0 Å². The van der Waals surface area contributed by atoms with Crippen molar-refractivity contribution in [1.29, 1.82) is 0 Å². The minimum atomic E-state index is -0.310. The molecule has 88 valence electrons. The number of halogens is 3. The maximum atomic E-state index is 12.9. The zero-order valence-corrected chi connectivity index (χ0v) is 12.5. The number of anilines is 1. The Balaban J connectivity index is 2.05. The van der Waals surface area contributed by atoms with Crippen molar-refractivity contribution in [3.63, 3.8) is 0 Å². The van der Waals surface area contributed by atoms with Crippen LogP contribution in [0.4, 0.5) is 10.1 Å². The van der Waals surface area contributed by atoms with E-state index in [0.717, 1.165) is 19.3 Å². The van der Waals surface area contributed by atoms with Crippen LogP contribution in [0.3, 0.4) is 0 Å². The van der Waals surface area contributed by atoms with E-state index in [1.807, 2.05) is 18.2 Å². The van der Waals surface area contributed by atoms with Crippen LogP contribution in [0.25, 0.3) is 0 Å². The van der Waals surface area contributed by atoms with Gasteiger partial charge in [0.15, 0.2) is 0 Å². The lowest BCUT2D eigenvalue weighted by Crippen LogP contribution is -2.00. The normalized spacial score (nSPS) is 10.3. The number of benzene rings is 1. The van der Waals surface area contributed by atoms with E-state index in [-0.39, 0.29) is 5.82 Å². The van der Waals surface area contributed by atoms with Crippen LogP contribution in [0.1, 0.15) is 5.56 Å². The molecule has 0 atom stereocenters. The van der Waals surface area contributed by atoms with Crippen LogP contribution in [-0.2, 0) is 6.54 Å². The van der Waals surface area contributed by atoms with Gasteiger partial charge in [-0.15, -0.1) is 0 Å². The van der Waals surface area contributed by atoms with Gasteiger partial charge in [0.2, 0.25) is 0 Å². The van der Waals surface area contributed by atoms with Crippen molar-refractivity contribution >= 4 is 44.2 Å². The van der Waals surface area contributed by atoms with E-state index in [0.29, 0.717) is 6.54 Å². The van der Waals surface area contributed by atoms with Crippen molar-refractivity contribution in [2.75, 3.05) is 5.32 Å². The summed E-state index contributed by atoms with van der Waals surface area (Å²) in [6.45, 7) is 0.558. The number of pyridine rings is 1. The molecule has 5 heteroatoms. The average molecular weight is 407 g/mol. The third kappa shape index (κ3) is 3.64. The van der Waals surface area contributed by atoms with Crippen molar-refractivity contribution in [2.45, 2.75) is 6.54 Å². The first-order valence-corrected chi connectivity index (χ1v) is 6.80. The third-order valence-corrected chi connectivity index (χ3v) is 4.50. The fourth-order valence-corrected chi connectivity index (χ4v) is 2.12. The summed E-state index contributed by atoms with van der Waals surface area (Å²) in [5, 5.41) is 3.22. The van der Waals surface area contributed by atoms with Gasteiger partial charge in [-0.2, -0.15) is 0 Å². The third-order valence-electron chi connectivity index (χ3n) is 2.18. The summed E-state index contributed by atoms with van der Waals surface area (Å²) in [6, 6.07) is 7.45. The maximum absolute atomic E-state index is 12.9. The van der Waals surface area contributed by atoms with E-state index < -0.39 is 0 Å². The van der Waals surface area contributed by atoms with Gasteiger partial charge in [-0.3, -0.25) is 4.98 Å². The quantitative estimate of drug-likeness (QED) is 0.772. The van der Waals surface area contributed by atoms with Crippen molar-refractivity contribution in [3.05, 3.63) is 56.1 Å². The summed E-state index contributed by atoms with van der Waals surface area (Å²) in [6.07, 6.45) is 2.85. The highest BCUT2D eigenvalue weighted by Gasteiger charge is 1.99. The lowest BCUT2D eigenvalue weighted by molar-refractivity contribution is 0.619. The molecule has 2 aromatic rings. The zero-order chi connectivity index (χ0) is 12.3. The van der Waals surface area contributed by atoms with Crippen molar-refractivity contribution in [3.8, 4) is 0 Å². The van der Waals surface area contributed by atoms with Gasteiger partial charge in [-0.05, 0) is 68.3 Å². The van der Waals surface area contributed by atoms with Crippen LogP contribution in [-0.4, -0.2) is 4.98 Å². The molecule has 0 spiro atoms. The molecule has 0 amide bonds. The molecule has 1 aromatic carbocycles. The molecule has 0 aliphatic rings. The minimum absolute atomic E-state index is 0.310. The molecule has 0 fully saturated rings. The van der Waals surface area contributed by atoms with Crippen molar-refractivity contribution in [2.24, 2.45) is 0 Å². The van der Waals surface area contributed by atoms with Gasteiger partial charge in [-0.25, -0.2) is 4.39 Å². The molecule has 0 unspecified atom stereocenters. The predicted molar refractivity (Wildman–Crippen MR) is 78.4 cm³/mol. The van der Waals surface area contributed by atoms with Gasteiger partial charge < -0.3 is 5.32 Å². The fraction of sp³-hybridized carbons (Fsp3) is 0.0833. The Morgan fingerprint density at radius 1 is 1.29 bits per heavy atom. The molecule has 1 N–H and O–H groups in total. The van der Waals surface area contributed by atoms with Crippen molar-refractivity contribution in [1.82, 2.24) is 4.98 Å². The SMILES string of the molecule is Fc1cncc(CNc2ccc(Br)c(I)c2)c1. The van der Waals surface area contributed by atoms with E-state index in [1.165, 1.54) is 12.3 Å². The van der Waals surface area contributed by atoms with Gasteiger partial charge in [0.1, 0.15) is 5.82 Å². The summed E-state index contributed by atoms with van der Waals surface area (Å²) in [4.78, 5) is 3.80. The molecular formula is C12H9BrFIN2. The first kappa shape index (κ1) is 12.8. The monoisotopic (exact) mass is 406 g/mol. The van der Waals surface area contributed by atoms with Crippen LogP contribution < -0.4 is 5.32 Å². The summed E-state index contributed by atoms with van der Waals surface area (Å²) in [5.41, 5.74) is 1.82. The summed E-state index contributed by atoms with van der Waals surface area (Å²) < 4.78 is 15.1. The van der Waals surface area contributed by atoms with Crippen LogP contribution >= 0.6 is 38.5 Å². The lowest BCUT2D eigenvalue weighted by Gasteiger charge is -2.07. The molecule has 1 aromatic heterocycles. The Kier molecular flexibility index (Phi) is 4.33. The summed E-state index contributed by atoms with van der Waals surface area (Å²) in [7, 11) is 0. The molecule has 2 rings (SSSR count). The number of nitrogens with zero attached hydrogens (tertiary/aromatic N) is 1. The van der Waals surface area contributed by atoms with Crippen LogP contribution in [0.15, 0.2) is 41.1 Å². The largest absolute Gasteiger partial charge is 0.381 e. The van der Waals surface area contributed by atoms with E-state index >= 15 is 0 Å². The minimum Gasteiger partial charge on any atom is -0.381 e. The molecule has 0 radical (unpaired) electrons. The van der Waals surface area contributed by atoms with Gasteiger partial charge in [0.05, 0.1) is 6.20 Å². The fourth-order valence-electron chi connectivity index (χ4n) is 1.36. The van der Waals surface area contributed by atoms with Crippen molar-refractivity contribution < 1.29 is 4.39 Å². The maximum Gasteiger partial charge on any atom is 0.141 e. The number of nitrogens with one attached hydrogen (secondary N) is 1. The molecule has 0 saturated carbocycles. The highest BCUT2D eigenvalue weighted by atomic mass is 127. The lowest BCUT2D eigenvalue weighted by atomic mass is 10.2. The van der Waals surface area contributed by atoms with Gasteiger partial charge in [0.25, 0.3) is 0 Å². The van der Waals surface area contributed by atoms with E-state index in [1.54, 1.807) is 6.20 Å². The summed E-state index contributed by atoms with van der Waals surface area (Å²) in [5.74, 6) is -0.310. The highest BCUT2D eigenvalue weighted by Crippen LogP contribution is 2.22. The number of hydrogen-bond donors (Lipinski definition) is 1. The Hall–Kier alpha value is -0.690. The second kappa shape index (κ2) is 5.77. The van der Waals surface area contributed by atoms with Crippen LogP contribution in [0.5, 0.6) is 0 Å². The molecule has 0 saturated heterocycles. The first-order chi connectivity index (χ1) is 8.15. The summed E-state index contributed by atoms with van der Waals surface area (Å²) >= 11 is 5.69. The number of aromatic nitrogens is 1.